The average molecular weight is 300 g/mol. The molecule has 0 bridgehead atoms. The van der Waals surface area contributed by atoms with Crippen LogP contribution in [0.1, 0.15) is 11.1 Å². The second kappa shape index (κ2) is 7.27. The van der Waals surface area contributed by atoms with Crippen LogP contribution < -0.4 is 11.1 Å². The quantitative estimate of drug-likeness (QED) is 0.393. The van der Waals surface area contributed by atoms with Crippen molar-refractivity contribution >= 4 is 23.1 Å². The van der Waals surface area contributed by atoms with Gasteiger partial charge in [0.25, 0.3) is 0 Å². The number of nitriles is 1. The highest BCUT2D eigenvalue weighted by Crippen LogP contribution is 2.15. The third kappa shape index (κ3) is 4.20. The molecule has 1 aromatic carbocycles. The topological polar surface area (TPSA) is 87.1 Å². The largest absolute Gasteiger partial charge is 0.397 e. The lowest BCUT2D eigenvalue weighted by Gasteiger charge is -2.06. The number of benzene rings is 1. The fraction of sp³-hybridized carbons (Fsp3) is 0.133. The highest BCUT2D eigenvalue weighted by atomic mass is 35.5. The molecule has 0 atom stereocenters. The SMILES string of the molecule is N#CN/C(=N\CCc1ccccc1Cl)c1cncc(N)c1. The first kappa shape index (κ1) is 14.8. The van der Waals surface area contributed by atoms with Crippen molar-refractivity contribution in [1.29, 1.82) is 5.26 Å². The van der Waals surface area contributed by atoms with E-state index in [1.165, 1.54) is 6.20 Å². The number of nitrogens with zero attached hydrogens (tertiary/aromatic N) is 3. The Bertz CT molecular complexity index is 690. The van der Waals surface area contributed by atoms with Crippen LogP contribution in [0.2, 0.25) is 5.02 Å². The molecule has 0 unspecified atom stereocenters. The molecule has 3 N–H and O–H groups in total. The zero-order chi connectivity index (χ0) is 15.1. The van der Waals surface area contributed by atoms with Gasteiger partial charge in [-0.3, -0.25) is 15.3 Å². The van der Waals surface area contributed by atoms with E-state index in [1.807, 2.05) is 30.5 Å². The summed E-state index contributed by atoms with van der Waals surface area (Å²) in [6, 6.07) is 9.33. The molecule has 0 aliphatic heterocycles. The van der Waals surface area contributed by atoms with Crippen molar-refractivity contribution < 1.29 is 0 Å². The molecule has 2 aromatic rings. The molecule has 1 aromatic heterocycles. The number of pyridine rings is 1. The minimum atomic E-state index is 0.448. The van der Waals surface area contributed by atoms with Crippen molar-refractivity contribution in [3.05, 3.63) is 58.9 Å². The lowest BCUT2D eigenvalue weighted by atomic mass is 10.1. The Balaban J connectivity index is 2.12. The monoisotopic (exact) mass is 299 g/mol. The Morgan fingerprint density at radius 2 is 2.19 bits per heavy atom. The predicted molar refractivity (Wildman–Crippen MR) is 84.0 cm³/mol. The second-order valence-electron chi connectivity index (χ2n) is 4.32. The number of rotatable bonds is 4. The van der Waals surface area contributed by atoms with Crippen molar-refractivity contribution in [3.63, 3.8) is 0 Å². The van der Waals surface area contributed by atoms with Gasteiger partial charge in [0.15, 0.2) is 6.19 Å². The van der Waals surface area contributed by atoms with E-state index in [1.54, 1.807) is 12.3 Å². The van der Waals surface area contributed by atoms with Crippen LogP contribution in [0.4, 0.5) is 5.69 Å². The molecule has 0 aliphatic carbocycles. The Morgan fingerprint density at radius 1 is 1.38 bits per heavy atom. The second-order valence-corrected chi connectivity index (χ2v) is 4.72. The Labute approximate surface area is 128 Å². The van der Waals surface area contributed by atoms with Crippen LogP contribution in [0.25, 0.3) is 0 Å². The van der Waals surface area contributed by atoms with Gasteiger partial charge in [-0.25, -0.2) is 0 Å². The van der Waals surface area contributed by atoms with E-state index in [4.69, 9.17) is 22.6 Å². The Hall–Kier alpha value is -2.58. The van der Waals surface area contributed by atoms with Crippen LogP contribution in [0.5, 0.6) is 0 Å². The summed E-state index contributed by atoms with van der Waals surface area (Å²) in [6.07, 6.45) is 5.70. The molecule has 0 saturated carbocycles. The van der Waals surface area contributed by atoms with E-state index in [9.17, 15) is 0 Å². The predicted octanol–water partition coefficient (Wildman–Crippen LogP) is 2.38. The molecular formula is C15H14ClN5. The van der Waals surface area contributed by atoms with E-state index in [0.717, 1.165) is 5.56 Å². The molecule has 0 saturated heterocycles. The number of anilines is 1. The van der Waals surface area contributed by atoms with E-state index in [-0.39, 0.29) is 0 Å². The number of halogens is 1. The Kier molecular flexibility index (Phi) is 5.13. The first-order valence-electron chi connectivity index (χ1n) is 6.34. The number of aliphatic imine (C=N–C) groups is 1. The van der Waals surface area contributed by atoms with Crippen molar-refractivity contribution in [2.24, 2.45) is 4.99 Å². The third-order valence-corrected chi connectivity index (χ3v) is 3.18. The maximum Gasteiger partial charge on any atom is 0.182 e. The van der Waals surface area contributed by atoms with Crippen LogP contribution in [-0.4, -0.2) is 17.4 Å². The van der Waals surface area contributed by atoms with Gasteiger partial charge in [-0.2, -0.15) is 5.26 Å². The minimum Gasteiger partial charge on any atom is -0.397 e. The van der Waals surface area contributed by atoms with Crippen molar-refractivity contribution in [1.82, 2.24) is 10.3 Å². The average Bonchev–Trinajstić information content (AvgIpc) is 2.48. The molecule has 0 radical (unpaired) electrons. The van der Waals surface area contributed by atoms with Crippen LogP contribution in [0.3, 0.4) is 0 Å². The minimum absolute atomic E-state index is 0.448. The number of aromatic nitrogens is 1. The van der Waals surface area contributed by atoms with E-state index in [0.29, 0.717) is 35.1 Å². The lowest BCUT2D eigenvalue weighted by Crippen LogP contribution is -2.20. The summed E-state index contributed by atoms with van der Waals surface area (Å²) in [5, 5.41) is 12.1. The van der Waals surface area contributed by atoms with E-state index < -0.39 is 0 Å². The fourth-order valence-corrected chi connectivity index (χ4v) is 2.06. The molecule has 21 heavy (non-hydrogen) atoms. The number of amidine groups is 1. The number of hydrogen-bond donors (Lipinski definition) is 2. The summed E-state index contributed by atoms with van der Waals surface area (Å²) < 4.78 is 0. The normalized spacial score (nSPS) is 11.0. The number of nitrogens with one attached hydrogen (secondary N) is 1. The lowest BCUT2D eigenvalue weighted by molar-refractivity contribution is 0.958. The smallest absolute Gasteiger partial charge is 0.182 e. The number of nitrogens with two attached hydrogens (primary N) is 1. The van der Waals surface area contributed by atoms with Gasteiger partial charge in [-0.1, -0.05) is 29.8 Å². The standard InChI is InChI=1S/C15H14ClN5/c16-14-4-2-1-3-11(14)5-6-20-15(21-10-17)12-7-13(18)9-19-8-12/h1-4,7-9H,5-6,18H2,(H,20,21). The maximum absolute atomic E-state index is 8.81. The van der Waals surface area contributed by atoms with Crippen LogP contribution >= 0.6 is 11.6 Å². The van der Waals surface area contributed by atoms with E-state index >= 15 is 0 Å². The summed E-state index contributed by atoms with van der Waals surface area (Å²) in [4.78, 5) is 8.38. The molecule has 0 amide bonds. The summed E-state index contributed by atoms with van der Waals surface area (Å²) in [5.41, 5.74) is 7.90. The van der Waals surface area contributed by atoms with E-state index in [2.05, 4.69) is 15.3 Å². The van der Waals surface area contributed by atoms with Crippen LogP contribution in [-0.2, 0) is 6.42 Å². The molecule has 5 nitrogen and oxygen atoms in total. The molecule has 0 aliphatic rings. The fourth-order valence-electron chi connectivity index (χ4n) is 1.83. The zero-order valence-electron chi connectivity index (χ0n) is 11.3. The maximum atomic E-state index is 8.81. The van der Waals surface area contributed by atoms with Gasteiger partial charge in [0, 0.05) is 29.5 Å². The summed E-state index contributed by atoms with van der Waals surface area (Å²) >= 11 is 6.10. The van der Waals surface area contributed by atoms with Crippen LogP contribution in [0, 0.1) is 11.5 Å². The molecule has 2 rings (SSSR count). The van der Waals surface area contributed by atoms with Gasteiger partial charge < -0.3 is 5.73 Å². The summed E-state index contributed by atoms with van der Waals surface area (Å²) in [6.45, 7) is 0.503. The molecule has 6 heteroatoms. The van der Waals surface area contributed by atoms with Crippen molar-refractivity contribution in [2.75, 3.05) is 12.3 Å². The van der Waals surface area contributed by atoms with Gasteiger partial charge in [-0.15, -0.1) is 0 Å². The van der Waals surface area contributed by atoms with Gasteiger partial charge in [0.05, 0.1) is 5.69 Å². The van der Waals surface area contributed by atoms with Gasteiger partial charge in [-0.05, 0) is 24.1 Å². The first-order valence-corrected chi connectivity index (χ1v) is 6.72. The van der Waals surface area contributed by atoms with Gasteiger partial charge in [0.1, 0.15) is 5.84 Å². The number of nitrogen functional groups attached to an aromatic ring is 1. The third-order valence-electron chi connectivity index (χ3n) is 2.82. The molecule has 1 heterocycles. The number of hydrogen-bond acceptors (Lipinski definition) is 4. The molecular weight excluding hydrogens is 286 g/mol. The highest BCUT2D eigenvalue weighted by Gasteiger charge is 2.04. The summed E-state index contributed by atoms with van der Waals surface area (Å²) in [5.74, 6) is 0.448. The van der Waals surface area contributed by atoms with Crippen LogP contribution in [0.15, 0.2) is 47.7 Å². The zero-order valence-corrected chi connectivity index (χ0v) is 12.0. The summed E-state index contributed by atoms with van der Waals surface area (Å²) in [7, 11) is 0. The van der Waals surface area contributed by atoms with Gasteiger partial charge in [0.2, 0.25) is 0 Å². The molecule has 0 fully saturated rings. The molecule has 0 spiro atoms. The van der Waals surface area contributed by atoms with Gasteiger partial charge >= 0.3 is 0 Å². The van der Waals surface area contributed by atoms with Crippen molar-refractivity contribution in [2.45, 2.75) is 6.42 Å². The van der Waals surface area contributed by atoms with Crippen molar-refractivity contribution in [3.8, 4) is 6.19 Å². The Morgan fingerprint density at radius 3 is 2.90 bits per heavy atom. The first-order chi connectivity index (χ1) is 10.2. The highest BCUT2D eigenvalue weighted by molar-refractivity contribution is 6.31. The molecule has 106 valence electrons.